The second-order valence-electron chi connectivity index (χ2n) is 5.59. The summed E-state index contributed by atoms with van der Waals surface area (Å²) in [5, 5.41) is 5.43. The first kappa shape index (κ1) is 15.0. The highest BCUT2D eigenvalue weighted by Crippen LogP contribution is 2.16. The Balaban J connectivity index is 1.67. The Bertz CT molecular complexity index is 837. The van der Waals surface area contributed by atoms with Crippen molar-refractivity contribution in [3.8, 4) is 0 Å². The molecule has 0 bridgehead atoms. The third kappa shape index (κ3) is 3.86. The summed E-state index contributed by atoms with van der Waals surface area (Å²) < 4.78 is 0. The molecule has 0 radical (unpaired) electrons. The highest BCUT2D eigenvalue weighted by Gasteiger charge is 2.06. The van der Waals surface area contributed by atoms with Gasteiger partial charge >= 0.3 is 0 Å². The van der Waals surface area contributed by atoms with Crippen LogP contribution in [0, 0.1) is 0 Å². The SMILES string of the molecule is C[C@H](/C=C/c1ccc2ccccc2c1)NC(=O)c1ccccc1. The molecule has 1 amide bonds. The van der Waals surface area contributed by atoms with E-state index in [1.807, 2.05) is 61.5 Å². The molecular formula is C21H19NO. The third-order valence-corrected chi connectivity index (χ3v) is 3.75. The summed E-state index contributed by atoms with van der Waals surface area (Å²) in [6.45, 7) is 1.97. The Labute approximate surface area is 136 Å². The molecule has 2 heteroatoms. The molecule has 0 aliphatic rings. The van der Waals surface area contributed by atoms with E-state index < -0.39 is 0 Å². The second-order valence-corrected chi connectivity index (χ2v) is 5.59. The van der Waals surface area contributed by atoms with Crippen molar-refractivity contribution in [2.45, 2.75) is 13.0 Å². The van der Waals surface area contributed by atoms with E-state index in [-0.39, 0.29) is 11.9 Å². The first-order chi connectivity index (χ1) is 11.2. The van der Waals surface area contributed by atoms with E-state index in [0.29, 0.717) is 5.56 Å². The van der Waals surface area contributed by atoms with Crippen LogP contribution in [0.2, 0.25) is 0 Å². The largest absolute Gasteiger partial charge is 0.346 e. The van der Waals surface area contributed by atoms with Gasteiger partial charge in [-0.25, -0.2) is 0 Å². The van der Waals surface area contributed by atoms with Crippen LogP contribution in [0.25, 0.3) is 16.8 Å². The molecule has 0 aliphatic carbocycles. The first-order valence-corrected chi connectivity index (χ1v) is 7.75. The van der Waals surface area contributed by atoms with Crippen LogP contribution >= 0.6 is 0 Å². The molecule has 1 atom stereocenters. The quantitative estimate of drug-likeness (QED) is 0.745. The molecule has 1 N–H and O–H groups in total. The minimum atomic E-state index is -0.0544. The number of amides is 1. The standard InChI is InChI=1S/C21H19NO/c1-16(22-21(23)19-8-3-2-4-9-19)11-12-17-13-14-18-7-5-6-10-20(18)15-17/h2-16H,1H3,(H,22,23)/b12-11+/t16-/m1/s1. The van der Waals surface area contributed by atoms with E-state index in [1.165, 1.54) is 10.8 Å². The molecule has 3 aromatic rings. The number of hydrogen-bond donors (Lipinski definition) is 1. The van der Waals surface area contributed by atoms with Crippen molar-refractivity contribution < 1.29 is 4.79 Å². The number of rotatable bonds is 4. The van der Waals surface area contributed by atoms with Gasteiger partial charge in [-0.1, -0.05) is 66.7 Å². The molecule has 23 heavy (non-hydrogen) atoms. The lowest BCUT2D eigenvalue weighted by Gasteiger charge is -2.09. The molecule has 0 fully saturated rings. The van der Waals surface area contributed by atoms with Crippen molar-refractivity contribution in [3.05, 3.63) is 90.0 Å². The number of hydrogen-bond acceptors (Lipinski definition) is 1. The van der Waals surface area contributed by atoms with Crippen LogP contribution in [0.5, 0.6) is 0 Å². The topological polar surface area (TPSA) is 29.1 Å². The third-order valence-electron chi connectivity index (χ3n) is 3.75. The summed E-state index contributed by atoms with van der Waals surface area (Å²) in [5.41, 5.74) is 1.81. The number of carbonyl (C=O) groups excluding carboxylic acids is 1. The van der Waals surface area contributed by atoms with Crippen LogP contribution in [0.4, 0.5) is 0 Å². The van der Waals surface area contributed by atoms with Gasteiger partial charge in [0.05, 0.1) is 0 Å². The van der Waals surface area contributed by atoms with Crippen LogP contribution in [-0.2, 0) is 0 Å². The Morgan fingerprint density at radius 1 is 0.913 bits per heavy atom. The molecule has 0 saturated carbocycles. The first-order valence-electron chi connectivity index (χ1n) is 7.75. The fourth-order valence-corrected chi connectivity index (χ4v) is 2.49. The van der Waals surface area contributed by atoms with Crippen molar-refractivity contribution >= 4 is 22.8 Å². The van der Waals surface area contributed by atoms with Gasteiger partial charge in [0.1, 0.15) is 0 Å². The maximum Gasteiger partial charge on any atom is 0.251 e. The van der Waals surface area contributed by atoms with Crippen LogP contribution in [0.1, 0.15) is 22.8 Å². The zero-order valence-corrected chi connectivity index (χ0v) is 13.1. The number of benzene rings is 3. The van der Waals surface area contributed by atoms with Crippen LogP contribution < -0.4 is 5.32 Å². The summed E-state index contributed by atoms with van der Waals surface area (Å²) in [7, 11) is 0. The minimum absolute atomic E-state index is 0.0332. The Morgan fingerprint density at radius 2 is 1.61 bits per heavy atom. The molecule has 0 heterocycles. The predicted molar refractivity (Wildman–Crippen MR) is 96.4 cm³/mol. The number of nitrogens with one attached hydrogen (secondary N) is 1. The molecular weight excluding hydrogens is 282 g/mol. The average molecular weight is 301 g/mol. The molecule has 0 aliphatic heterocycles. The molecule has 3 aromatic carbocycles. The predicted octanol–water partition coefficient (Wildman–Crippen LogP) is 4.67. The fourth-order valence-electron chi connectivity index (χ4n) is 2.49. The van der Waals surface area contributed by atoms with E-state index >= 15 is 0 Å². The molecule has 0 saturated heterocycles. The van der Waals surface area contributed by atoms with Gasteiger partial charge in [-0.2, -0.15) is 0 Å². The lowest BCUT2D eigenvalue weighted by Crippen LogP contribution is -2.30. The van der Waals surface area contributed by atoms with Gasteiger partial charge in [-0.05, 0) is 41.5 Å². The van der Waals surface area contributed by atoms with Gasteiger partial charge in [-0.3, -0.25) is 4.79 Å². The summed E-state index contributed by atoms with van der Waals surface area (Å²) in [5.74, 6) is -0.0544. The van der Waals surface area contributed by atoms with E-state index in [9.17, 15) is 4.79 Å². The monoisotopic (exact) mass is 301 g/mol. The molecule has 114 valence electrons. The zero-order chi connectivity index (χ0) is 16.1. The van der Waals surface area contributed by atoms with Crippen molar-refractivity contribution in [2.24, 2.45) is 0 Å². The zero-order valence-electron chi connectivity index (χ0n) is 13.1. The van der Waals surface area contributed by atoms with Gasteiger partial charge in [0.25, 0.3) is 5.91 Å². The van der Waals surface area contributed by atoms with Crippen molar-refractivity contribution in [1.29, 1.82) is 0 Å². The molecule has 3 rings (SSSR count). The van der Waals surface area contributed by atoms with Crippen molar-refractivity contribution in [3.63, 3.8) is 0 Å². The molecule has 0 spiro atoms. The lowest BCUT2D eigenvalue weighted by atomic mass is 10.1. The summed E-state index contributed by atoms with van der Waals surface area (Å²) in [4.78, 5) is 12.1. The van der Waals surface area contributed by atoms with E-state index in [4.69, 9.17) is 0 Å². The molecule has 0 aromatic heterocycles. The highest BCUT2D eigenvalue weighted by atomic mass is 16.1. The van der Waals surface area contributed by atoms with Gasteiger partial charge in [-0.15, -0.1) is 0 Å². The van der Waals surface area contributed by atoms with Gasteiger partial charge in [0.2, 0.25) is 0 Å². The maximum atomic E-state index is 12.1. The Morgan fingerprint density at radius 3 is 2.39 bits per heavy atom. The highest BCUT2D eigenvalue weighted by molar-refractivity contribution is 5.94. The number of fused-ring (bicyclic) bond motifs is 1. The van der Waals surface area contributed by atoms with E-state index in [1.54, 1.807) is 0 Å². The molecule has 0 unspecified atom stereocenters. The number of carbonyl (C=O) groups is 1. The lowest BCUT2D eigenvalue weighted by molar-refractivity contribution is 0.0947. The summed E-state index contributed by atoms with van der Waals surface area (Å²) in [6.07, 6.45) is 4.05. The smallest absolute Gasteiger partial charge is 0.251 e. The van der Waals surface area contributed by atoms with Crippen molar-refractivity contribution in [2.75, 3.05) is 0 Å². The summed E-state index contributed by atoms with van der Waals surface area (Å²) in [6, 6.07) is 23.9. The second kappa shape index (κ2) is 6.93. The van der Waals surface area contributed by atoms with Crippen LogP contribution in [-0.4, -0.2) is 11.9 Å². The van der Waals surface area contributed by atoms with E-state index in [2.05, 4.69) is 35.6 Å². The fraction of sp³-hybridized carbons (Fsp3) is 0.0952. The average Bonchev–Trinajstić information content (AvgIpc) is 2.60. The Hall–Kier alpha value is -2.87. The summed E-state index contributed by atoms with van der Waals surface area (Å²) >= 11 is 0. The van der Waals surface area contributed by atoms with Crippen LogP contribution in [0.3, 0.4) is 0 Å². The van der Waals surface area contributed by atoms with Gasteiger partial charge in [0, 0.05) is 11.6 Å². The molecule has 2 nitrogen and oxygen atoms in total. The normalized spacial score (nSPS) is 12.4. The minimum Gasteiger partial charge on any atom is -0.346 e. The van der Waals surface area contributed by atoms with Gasteiger partial charge in [0.15, 0.2) is 0 Å². The van der Waals surface area contributed by atoms with Crippen LogP contribution in [0.15, 0.2) is 78.9 Å². The van der Waals surface area contributed by atoms with Gasteiger partial charge < -0.3 is 5.32 Å². The van der Waals surface area contributed by atoms with E-state index in [0.717, 1.165) is 5.56 Å². The Kier molecular flexibility index (Phi) is 4.53. The maximum absolute atomic E-state index is 12.1. The van der Waals surface area contributed by atoms with Crippen molar-refractivity contribution in [1.82, 2.24) is 5.32 Å².